The summed E-state index contributed by atoms with van der Waals surface area (Å²) in [5.41, 5.74) is -1.25. The van der Waals surface area contributed by atoms with Gasteiger partial charge >= 0.3 is 0 Å². The summed E-state index contributed by atoms with van der Waals surface area (Å²) in [6.07, 6.45) is 11.2. The van der Waals surface area contributed by atoms with Crippen molar-refractivity contribution < 1.29 is 33.6 Å². The second-order valence-corrected chi connectivity index (χ2v) is 16.7. The highest BCUT2D eigenvalue weighted by Gasteiger charge is 2.74. The zero-order chi connectivity index (χ0) is 35.5. The minimum Gasteiger partial charge on any atom is -0.393 e. The lowest BCUT2D eigenvalue weighted by Crippen LogP contribution is -2.67. The number of fused-ring (bicyclic) bond motifs is 1. The number of aliphatic hydroxyl groups is 3. The summed E-state index contributed by atoms with van der Waals surface area (Å²) in [4.78, 5) is 16.8. The van der Waals surface area contributed by atoms with E-state index in [9.17, 15) is 28.9 Å². The maximum atomic E-state index is 14.6. The monoisotopic (exact) mass is 689 g/mol. The first-order valence-corrected chi connectivity index (χ1v) is 18.7. The molecular formula is C42H53F2NO5. The fraction of sp³-hybridized carbons (Fsp3) is 0.595. The molecule has 0 radical (unpaired) electrons. The Hall–Kier alpha value is -2.75. The zero-order valence-electron chi connectivity index (χ0n) is 29.7. The lowest BCUT2D eigenvalue weighted by Gasteiger charge is -2.71. The predicted molar refractivity (Wildman–Crippen MR) is 188 cm³/mol. The van der Waals surface area contributed by atoms with Gasteiger partial charge in [-0.3, -0.25) is 9.69 Å². The molecule has 3 fully saturated rings. The minimum absolute atomic E-state index is 0.0694. The molecule has 0 aliphatic heterocycles. The largest absolute Gasteiger partial charge is 0.393 e. The van der Waals surface area contributed by atoms with Crippen LogP contribution in [0.3, 0.4) is 0 Å². The summed E-state index contributed by atoms with van der Waals surface area (Å²) in [5.74, 6) is -2.32. The standard InChI is InChI=1S/C42H53F2NO5/c1-4-20-45(24-31(47)26-50-25-28-8-6-5-7-9-28)27-41(49)17-14-36-39(41,3)16-13-35-38(2)15-12-30(46)22-40(38)18-19-42(35,36)32(23-40)37(48)29-10-11-33(43)34(44)21-29/h5-11,18-19,21,23,30-31,35-36,46-47,49H,4,12-17,20,22,24-27H2,1-3H3. The Kier molecular flexibility index (Phi) is 9.29. The third-order valence-corrected chi connectivity index (χ3v) is 14.1. The third kappa shape index (κ3) is 5.47. The maximum Gasteiger partial charge on any atom is 0.189 e. The summed E-state index contributed by atoms with van der Waals surface area (Å²) in [5, 5.41) is 34.8. The van der Waals surface area contributed by atoms with E-state index in [1.165, 1.54) is 6.07 Å². The summed E-state index contributed by atoms with van der Waals surface area (Å²) >= 11 is 0. The van der Waals surface area contributed by atoms with Gasteiger partial charge in [-0.1, -0.05) is 69.3 Å². The number of allylic oxidation sites excluding steroid dienone is 4. The molecule has 2 spiro atoms. The molecule has 0 saturated heterocycles. The Bertz CT molecular complexity index is 1660. The van der Waals surface area contributed by atoms with Crippen molar-refractivity contribution in [2.45, 2.75) is 96.6 Å². The zero-order valence-corrected chi connectivity index (χ0v) is 29.7. The van der Waals surface area contributed by atoms with Crippen LogP contribution in [0.2, 0.25) is 0 Å². The normalized spacial score (nSPS) is 37.6. The van der Waals surface area contributed by atoms with E-state index < -0.39 is 45.7 Å². The Balaban J connectivity index is 1.19. The van der Waals surface area contributed by atoms with Crippen LogP contribution in [0.1, 0.15) is 88.1 Å². The summed E-state index contributed by atoms with van der Waals surface area (Å²) in [6.45, 7) is 8.72. The van der Waals surface area contributed by atoms with Crippen molar-refractivity contribution in [3.8, 4) is 0 Å². The second kappa shape index (κ2) is 13.0. The van der Waals surface area contributed by atoms with E-state index in [1.54, 1.807) is 0 Å². The van der Waals surface area contributed by atoms with Crippen molar-refractivity contribution in [3.05, 3.63) is 95.1 Å². The van der Waals surface area contributed by atoms with Crippen LogP contribution in [-0.2, 0) is 11.3 Å². The van der Waals surface area contributed by atoms with Gasteiger partial charge in [0.25, 0.3) is 0 Å². The molecule has 8 rings (SSSR count). The molecule has 2 aromatic carbocycles. The number of ketones is 1. The molecule has 2 aromatic rings. The van der Waals surface area contributed by atoms with E-state index in [4.69, 9.17) is 4.74 Å². The predicted octanol–water partition coefficient (Wildman–Crippen LogP) is 7.03. The van der Waals surface area contributed by atoms with Crippen molar-refractivity contribution in [3.63, 3.8) is 0 Å². The van der Waals surface area contributed by atoms with Crippen molar-refractivity contribution in [2.75, 3.05) is 26.2 Å². The number of aliphatic hydroxyl groups excluding tert-OH is 2. The van der Waals surface area contributed by atoms with Crippen LogP contribution in [0, 0.1) is 45.1 Å². The van der Waals surface area contributed by atoms with Gasteiger partial charge in [0.2, 0.25) is 0 Å². The first-order chi connectivity index (χ1) is 23.8. The lowest BCUT2D eigenvalue weighted by atomic mass is 9.32. The fourth-order valence-corrected chi connectivity index (χ4v) is 11.5. The number of Topliss-reactive ketones (excluding diaryl/α,β-unsaturated/α-hetero) is 1. The van der Waals surface area contributed by atoms with Gasteiger partial charge in [-0.25, -0.2) is 8.78 Å². The summed E-state index contributed by atoms with van der Waals surface area (Å²) < 4.78 is 34.4. The topological polar surface area (TPSA) is 90.2 Å². The average Bonchev–Trinajstić information content (AvgIpc) is 3.36. The molecule has 0 amide bonds. The number of carbonyl (C=O) groups is 1. The number of halogens is 2. The van der Waals surface area contributed by atoms with E-state index >= 15 is 0 Å². The van der Waals surface area contributed by atoms with E-state index in [0.29, 0.717) is 51.0 Å². The van der Waals surface area contributed by atoms with E-state index in [2.05, 4.69) is 43.9 Å². The van der Waals surface area contributed by atoms with Gasteiger partial charge in [-0.2, -0.15) is 0 Å². The van der Waals surface area contributed by atoms with E-state index in [-0.39, 0.29) is 35.2 Å². The SMILES string of the molecule is CCCN(CC(O)COCc1ccccc1)CC1(O)CCC2C34C=CC5(C=C3C(=O)c3ccc(F)c(F)c3)CC(O)CCC5(C)C4CCC21C. The van der Waals surface area contributed by atoms with Gasteiger partial charge in [-0.05, 0) is 98.9 Å². The average molecular weight is 690 g/mol. The smallest absolute Gasteiger partial charge is 0.189 e. The first-order valence-electron chi connectivity index (χ1n) is 18.7. The number of rotatable bonds is 12. The fourth-order valence-electron chi connectivity index (χ4n) is 11.5. The molecule has 270 valence electrons. The van der Waals surface area contributed by atoms with Crippen LogP contribution >= 0.6 is 0 Å². The van der Waals surface area contributed by atoms with Crippen molar-refractivity contribution in [2.24, 2.45) is 33.5 Å². The number of hydrogen-bond acceptors (Lipinski definition) is 6. The van der Waals surface area contributed by atoms with Crippen LogP contribution < -0.4 is 0 Å². The Labute approximate surface area is 295 Å². The highest BCUT2D eigenvalue weighted by atomic mass is 19.2. The van der Waals surface area contributed by atoms with E-state index in [1.807, 2.05) is 30.3 Å². The van der Waals surface area contributed by atoms with Gasteiger partial charge in [0.15, 0.2) is 17.4 Å². The van der Waals surface area contributed by atoms with Crippen molar-refractivity contribution in [1.82, 2.24) is 4.90 Å². The van der Waals surface area contributed by atoms with Crippen molar-refractivity contribution in [1.29, 1.82) is 0 Å². The molecule has 0 aromatic heterocycles. The van der Waals surface area contributed by atoms with Crippen molar-refractivity contribution >= 4 is 5.78 Å². The quantitative estimate of drug-likeness (QED) is 0.164. The number of nitrogens with zero attached hydrogens (tertiary/aromatic N) is 1. The van der Waals surface area contributed by atoms with E-state index in [0.717, 1.165) is 49.9 Å². The molecule has 8 heteroatoms. The number of benzene rings is 2. The van der Waals surface area contributed by atoms with Gasteiger partial charge in [-0.15, -0.1) is 0 Å². The first kappa shape index (κ1) is 35.6. The molecule has 6 aliphatic carbocycles. The van der Waals surface area contributed by atoms with Crippen LogP contribution in [0.15, 0.2) is 72.3 Å². The van der Waals surface area contributed by atoms with Gasteiger partial charge < -0.3 is 20.1 Å². The number of hydrogen-bond donors (Lipinski definition) is 3. The van der Waals surface area contributed by atoms with Crippen LogP contribution in [0.5, 0.6) is 0 Å². The Morgan fingerprint density at radius 3 is 2.44 bits per heavy atom. The van der Waals surface area contributed by atoms with Gasteiger partial charge in [0, 0.05) is 40.5 Å². The highest BCUT2D eigenvalue weighted by Crippen LogP contribution is 2.78. The molecule has 3 N–H and O–H groups in total. The molecule has 9 unspecified atom stereocenters. The molecule has 6 nitrogen and oxygen atoms in total. The summed E-state index contributed by atoms with van der Waals surface area (Å²) in [7, 11) is 0. The number of carbonyl (C=O) groups excluding carboxylic acids is 1. The molecule has 2 bridgehead atoms. The van der Waals surface area contributed by atoms with Crippen LogP contribution in [0.4, 0.5) is 8.78 Å². The lowest BCUT2D eigenvalue weighted by molar-refractivity contribution is -0.177. The molecule has 0 heterocycles. The van der Waals surface area contributed by atoms with Crippen LogP contribution in [-0.4, -0.2) is 70.1 Å². The van der Waals surface area contributed by atoms with Crippen LogP contribution in [0.25, 0.3) is 0 Å². The molecule has 3 saturated carbocycles. The number of ether oxygens (including phenoxy) is 1. The summed E-state index contributed by atoms with van der Waals surface area (Å²) in [6, 6.07) is 13.3. The van der Waals surface area contributed by atoms with Gasteiger partial charge in [0.1, 0.15) is 0 Å². The second-order valence-electron chi connectivity index (χ2n) is 16.7. The molecule has 6 aliphatic rings. The Morgan fingerprint density at radius 1 is 0.980 bits per heavy atom. The molecule has 9 atom stereocenters. The van der Waals surface area contributed by atoms with Gasteiger partial charge in [0.05, 0.1) is 31.0 Å². The minimum atomic E-state index is -1.07. The molecule has 50 heavy (non-hydrogen) atoms. The maximum absolute atomic E-state index is 14.6. The third-order valence-electron chi connectivity index (χ3n) is 14.1. The highest BCUT2D eigenvalue weighted by molar-refractivity contribution is 6.10. The Morgan fingerprint density at radius 2 is 1.70 bits per heavy atom. The molecular weight excluding hydrogens is 636 g/mol.